The molecule has 4 N–H and O–H groups in total. The Labute approximate surface area is 91.0 Å². The van der Waals surface area contributed by atoms with E-state index in [0.717, 1.165) is 12.8 Å². The van der Waals surface area contributed by atoms with Crippen LogP contribution in [0.3, 0.4) is 0 Å². The van der Waals surface area contributed by atoms with E-state index in [0.29, 0.717) is 19.6 Å². The van der Waals surface area contributed by atoms with Gasteiger partial charge >= 0.3 is 0 Å². The summed E-state index contributed by atoms with van der Waals surface area (Å²) in [6.45, 7) is 2.87. The first-order valence-corrected chi connectivity index (χ1v) is 5.33. The second kappa shape index (κ2) is 8.64. The number of hydrogen-bond donors (Lipinski definition) is 3. The molecule has 0 saturated carbocycles. The predicted molar refractivity (Wildman–Crippen MR) is 58.4 cm³/mol. The van der Waals surface area contributed by atoms with Crippen molar-refractivity contribution in [3.05, 3.63) is 0 Å². The van der Waals surface area contributed by atoms with Crippen molar-refractivity contribution in [2.75, 3.05) is 20.3 Å². The largest absolute Gasteiger partial charge is 0.383 e. The quantitative estimate of drug-likeness (QED) is 0.485. The molecule has 2 atom stereocenters. The van der Waals surface area contributed by atoms with E-state index in [9.17, 15) is 9.90 Å². The van der Waals surface area contributed by atoms with E-state index in [1.807, 2.05) is 6.92 Å². The minimum absolute atomic E-state index is 0.396. The molecular formula is C10H22N2O3. The van der Waals surface area contributed by atoms with Gasteiger partial charge in [0.25, 0.3) is 5.91 Å². The third-order valence-corrected chi connectivity index (χ3v) is 2.17. The van der Waals surface area contributed by atoms with Gasteiger partial charge in [0.05, 0.1) is 6.61 Å². The van der Waals surface area contributed by atoms with Crippen LogP contribution in [-0.2, 0) is 9.53 Å². The summed E-state index contributed by atoms with van der Waals surface area (Å²) in [5.41, 5.74) is 5.67. The normalized spacial score (nSPS) is 14.7. The fourth-order valence-corrected chi connectivity index (χ4v) is 1.17. The van der Waals surface area contributed by atoms with E-state index in [-0.39, 0.29) is 0 Å². The van der Waals surface area contributed by atoms with Gasteiger partial charge in [-0.3, -0.25) is 4.79 Å². The van der Waals surface area contributed by atoms with Crippen molar-refractivity contribution in [3.63, 3.8) is 0 Å². The van der Waals surface area contributed by atoms with Gasteiger partial charge in [-0.25, -0.2) is 0 Å². The van der Waals surface area contributed by atoms with Gasteiger partial charge in [-0.1, -0.05) is 19.8 Å². The number of methoxy groups -OCH3 is 1. The Morgan fingerprint density at radius 2 is 2.27 bits per heavy atom. The molecule has 0 aromatic rings. The molecule has 0 unspecified atom stereocenters. The van der Waals surface area contributed by atoms with Crippen molar-refractivity contribution in [1.29, 1.82) is 0 Å². The summed E-state index contributed by atoms with van der Waals surface area (Å²) in [6.07, 6.45) is 1.47. The molecule has 0 rings (SSSR count). The van der Waals surface area contributed by atoms with Crippen LogP contribution in [0.2, 0.25) is 0 Å². The van der Waals surface area contributed by atoms with E-state index in [2.05, 4.69) is 5.32 Å². The highest BCUT2D eigenvalue weighted by molar-refractivity contribution is 5.81. The van der Waals surface area contributed by atoms with Gasteiger partial charge in [0.2, 0.25) is 0 Å². The lowest BCUT2D eigenvalue weighted by Gasteiger charge is -2.17. The summed E-state index contributed by atoms with van der Waals surface area (Å²) in [4.78, 5) is 11.3. The van der Waals surface area contributed by atoms with E-state index in [1.54, 1.807) is 7.11 Å². The SMILES string of the molecule is CCCC[C@@H](N)[C@H](O)C(=O)NCCOC. The monoisotopic (exact) mass is 218 g/mol. The molecule has 90 valence electrons. The van der Waals surface area contributed by atoms with Crippen LogP contribution in [0.4, 0.5) is 0 Å². The molecule has 0 radical (unpaired) electrons. The number of ether oxygens (including phenoxy) is 1. The third kappa shape index (κ3) is 6.43. The first-order valence-electron chi connectivity index (χ1n) is 5.33. The van der Waals surface area contributed by atoms with E-state index in [1.165, 1.54) is 0 Å². The van der Waals surface area contributed by atoms with Crippen LogP contribution >= 0.6 is 0 Å². The highest BCUT2D eigenvalue weighted by Gasteiger charge is 2.21. The molecular weight excluding hydrogens is 196 g/mol. The summed E-state index contributed by atoms with van der Waals surface area (Å²) in [7, 11) is 1.55. The van der Waals surface area contributed by atoms with Crippen molar-refractivity contribution in [3.8, 4) is 0 Å². The van der Waals surface area contributed by atoms with Crippen molar-refractivity contribution in [2.24, 2.45) is 5.73 Å². The number of nitrogens with one attached hydrogen (secondary N) is 1. The zero-order chi connectivity index (χ0) is 11.7. The molecule has 0 aliphatic rings. The van der Waals surface area contributed by atoms with E-state index < -0.39 is 18.1 Å². The van der Waals surface area contributed by atoms with Crippen molar-refractivity contribution >= 4 is 5.91 Å². The third-order valence-electron chi connectivity index (χ3n) is 2.17. The smallest absolute Gasteiger partial charge is 0.250 e. The van der Waals surface area contributed by atoms with Crippen LogP contribution in [0, 0.1) is 0 Å². The summed E-state index contributed by atoms with van der Waals surface area (Å²) in [6, 6.07) is -0.479. The van der Waals surface area contributed by atoms with Crippen LogP contribution in [0.25, 0.3) is 0 Å². The topological polar surface area (TPSA) is 84.6 Å². The Kier molecular flexibility index (Phi) is 8.27. The summed E-state index contributed by atoms with van der Waals surface area (Å²) < 4.78 is 4.77. The highest BCUT2D eigenvalue weighted by atomic mass is 16.5. The van der Waals surface area contributed by atoms with Crippen LogP contribution in [0.1, 0.15) is 26.2 Å². The Hall–Kier alpha value is -0.650. The lowest BCUT2D eigenvalue weighted by Crippen LogP contribution is -2.47. The molecule has 1 amide bonds. The molecule has 5 nitrogen and oxygen atoms in total. The number of aliphatic hydroxyl groups excluding tert-OH is 1. The number of nitrogens with two attached hydrogens (primary N) is 1. The number of aliphatic hydroxyl groups is 1. The van der Waals surface area contributed by atoms with Gasteiger partial charge in [0.15, 0.2) is 0 Å². The lowest BCUT2D eigenvalue weighted by atomic mass is 10.0. The number of amides is 1. The fourth-order valence-electron chi connectivity index (χ4n) is 1.17. The Bertz CT molecular complexity index is 176. The first-order chi connectivity index (χ1) is 7.13. The zero-order valence-corrected chi connectivity index (χ0v) is 9.53. The Morgan fingerprint density at radius 3 is 2.80 bits per heavy atom. The average Bonchev–Trinajstić information content (AvgIpc) is 2.24. The minimum atomic E-state index is -1.12. The molecule has 0 aliphatic heterocycles. The minimum Gasteiger partial charge on any atom is -0.383 e. The predicted octanol–water partition coefficient (Wildman–Crippen LogP) is -0.373. The summed E-state index contributed by atoms with van der Waals surface area (Å²) in [5, 5.41) is 12.1. The van der Waals surface area contributed by atoms with Crippen LogP contribution < -0.4 is 11.1 Å². The van der Waals surface area contributed by atoms with Gasteiger partial charge in [-0.05, 0) is 6.42 Å². The van der Waals surface area contributed by atoms with Crippen molar-refractivity contribution in [2.45, 2.75) is 38.3 Å². The maximum Gasteiger partial charge on any atom is 0.250 e. The van der Waals surface area contributed by atoms with Crippen molar-refractivity contribution in [1.82, 2.24) is 5.32 Å². The van der Waals surface area contributed by atoms with E-state index in [4.69, 9.17) is 10.5 Å². The van der Waals surface area contributed by atoms with Gasteiger partial charge in [0, 0.05) is 19.7 Å². The molecule has 0 bridgehead atoms. The Morgan fingerprint density at radius 1 is 1.60 bits per heavy atom. The molecule has 15 heavy (non-hydrogen) atoms. The molecule has 0 aliphatic carbocycles. The molecule has 0 spiro atoms. The van der Waals surface area contributed by atoms with Crippen LogP contribution in [0.5, 0.6) is 0 Å². The van der Waals surface area contributed by atoms with E-state index >= 15 is 0 Å². The second-order valence-corrected chi connectivity index (χ2v) is 3.53. The molecule has 0 aromatic carbocycles. The number of unbranched alkanes of at least 4 members (excludes halogenated alkanes) is 1. The summed E-state index contributed by atoms with van der Waals surface area (Å²) >= 11 is 0. The molecule has 5 heteroatoms. The standard InChI is InChI=1S/C10H22N2O3/c1-3-4-5-8(11)9(13)10(14)12-6-7-15-2/h8-9,13H,3-7,11H2,1-2H3,(H,12,14)/t8-,9+/m1/s1. The number of carbonyl (C=O) groups is 1. The molecule has 0 fully saturated rings. The first kappa shape index (κ1) is 14.3. The number of rotatable bonds is 8. The van der Waals surface area contributed by atoms with Gasteiger partial charge in [-0.15, -0.1) is 0 Å². The highest BCUT2D eigenvalue weighted by Crippen LogP contribution is 2.02. The average molecular weight is 218 g/mol. The van der Waals surface area contributed by atoms with Gasteiger partial charge in [-0.2, -0.15) is 0 Å². The maximum atomic E-state index is 11.3. The number of carbonyl (C=O) groups excluding carboxylic acids is 1. The lowest BCUT2D eigenvalue weighted by molar-refractivity contribution is -0.130. The maximum absolute atomic E-state index is 11.3. The zero-order valence-electron chi connectivity index (χ0n) is 9.53. The summed E-state index contributed by atoms with van der Waals surface area (Å²) in [5.74, 6) is -0.421. The second-order valence-electron chi connectivity index (χ2n) is 3.53. The van der Waals surface area contributed by atoms with Gasteiger partial charge in [0.1, 0.15) is 6.10 Å². The van der Waals surface area contributed by atoms with Gasteiger partial charge < -0.3 is 20.9 Å². The number of hydrogen-bond acceptors (Lipinski definition) is 4. The Balaban J connectivity index is 3.75. The van der Waals surface area contributed by atoms with Crippen molar-refractivity contribution < 1.29 is 14.6 Å². The fraction of sp³-hybridized carbons (Fsp3) is 0.900. The molecule has 0 aromatic heterocycles. The molecule has 0 saturated heterocycles. The van der Waals surface area contributed by atoms with Crippen LogP contribution in [0.15, 0.2) is 0 Å². The van der Waals surface area contributed by atoms with Crippen LogP contribution in [-0.4, -0.2) is 43.4 Å². The molecule has 0 heterocycles.